The highest BCUT2D eigenvalue weighted by molar-refractivity contribution is 7.26. The number of furan rings is 1. The lowest BCUT2D eigenvalue weighted by atomic mass is 9.88. The van der Waals surface area contributed by atoms with Gasteiger partial charge in [-0.3, -0.25) is 0 Å². The Bertz CT molecular complexity index is 8670. The fraction of sp³-hybridized carbons (Fsp3) is 0.277. The van der Waals surface area contributed by atoms with E-state index in [2.05, 4.69) is 555 Å². The summed E-state index contributed by atoms with van der Waals surface area (Å²) in [6.45, 7) is 50.0. The van der Waals surface area contributed by atoms with Crippen LogP contribution in [-0.4, -0.2) is 22.7 Å². The van der Waals surface area contributed by atoms with Crippen LogP contribution in [0, 0.1) is 47.5 Å². The first-order chi connectivity index (χ1) is 70.7. The van der Waals surface area contributed by atoms with E-state index in [9.17, 15) is 0 Å². The molecule has 0 aliphatic carbocycles. The van der Waals surface area contributed by atoms with Gasteiger partial charge in [-0.2, -0.15) is 22.5 Å². The Kier molecular flexibility index (Phi) is 30.8. The first-order valence-electron chi connectivity index (χ1n) is 53.0. The largest absolute Gasteiger partial charge is 0.456 e. The second-order valence-corrected chi connectivity index (χ2v) is 44.5. The number of hydrogen-bond donors (Lipinski definition) is 0. The zero-order chi connectivity index (χ0) is 104. The molecule has 0 unspecified atom stereocenters. The average Bonchev–Trinajstić information content (AvgIpc) is 1.56. The molecule has 0 fully saturated rings. The van der Waals surface area contributed by atoms with Crippen LogP contribution in [0.3, 0.4) is 0 Å². The summed E-state index contributed by atoms with van der Waals surface area (Å²) in [7, 11) is 10.8. The van der Waals surface area contributed by atoms with E-state index in [1.807, 2.05) is 17.4 Å². The summed E-state index contributed by atoms with van der Waals surface area (Å²) < 4.78 is 32.7. The van der Waals surface area contributed by atoms with Crippen LogP contribution in [-0.2, 0) is 41.7 Å². The molecule has 9 heterocycles. The number of fused-ring (bicyclic) bond motifs is 18. The molecule has 0 radical (unpaired) electrons. The van der Waals surface area contributed by atoms with Crippen LogP contribution in [0.2, 0.25) is 0 Å². The van der Waals surface area contributed by atoms with E-state index in [4.69, 9.17) is 4.42 Å². The molecule has 0 aliphatic heterocycles. The molecule has 0 N–H and O–H groups in total. The smallest absolute Gasteiger partial charge is 0.295 e. The Hall–Kier alpha value is -14.9. The maximum Gasteiger partial charge on any atom is 0.295 e. The molecule has 23 rings (SSSR count). The summed E-state index contributed by atoms with van der Waals surface area (Å²) in [5.41, 5.74) is 38.9. The van der Waals surface area contributed by atoms with Gasteiger partial charge in [-0.15, -0.1) is 11.3 Å². The van der Waals surface area contributed by atoms with E-state index in [-0.39, 0.29) is 14.9 Å². The number of imidazole rings is 5. The van der Waals surface area contributed by atoms with E-state index >= 15 is 0 Å². The minimum absolute atomic E-state index is 0. The summed E-state index contributed by atoms with van der Waals surface area (Å²) in [6, 6.07) is 101. The highest BCUT2D eigenvalue weighted by atomic mass is 32.1. The molecular weight excluding hydrogens is 1830 g/mol. The van der Waals surface area contributed by atoms with Gasteiger partial charge in [0.2, 0.25) is 0 Å². The Morgan fingerprint density at radius 3 is 1.28 bits per heavy atom. The number of aryl methyl sites for hydroxylation is 11. The van der Waals surface area contributed by atoms with Crippen LogP contribution in [0.4, 0.5) is 0 Å². The SMILES string of the molecule is C.C.Cc1cccc2c3ccccc3[n+]3cc(C)n(C)c3c12.Cc1cccc2c3ccccc3n3c(-c4c(CC(C)C)cccc4C(C)C)c[n+](C)c3c12.Cc1ccccc1-c1n(-c2c(C(C)C)cc(-c3ccccc3)cc2C(C)C)cc[n+]1C.Cc1ccccc1-c1n(-c2c(C(C)C)cc3c(oc4ccccc43)c2C(C)C)cc[n+]1C.Cc1ccccc1-c1n(-c2c(C(C)C)cc3c(sc4ccccc43)c2C(C)C)cc[n+]1C. The summed E-state index contributed by atoms with van der Waals surface area (Å²) in [5, 5.41) is 13.2. The normalized spacial score (nSPS) is 11.7. The van der Waals surface area contributed by atoms with Crippen LogP contribution < -0.4 is 22.7 Å². The third kappa shape index (κ3) is 19.4. The van der Waals surface area contributed by atoms with Crippen molar-refractivity contribution in [1.29, 1.82) is 0 Å². The van der Waals surface area contributed by atoms with Crippen molar-refractivity contribution < 1.29 is 27.1 Å². The molecular formula is C137H153N10OS+5. The number of pyridine rings is 2. The number of para-hydroxylation sites is 3. The van der Waals surface area contributed by atoms with Gasteiger partial charge < -0.3 is 4.42 Å². The maximum absolute atomic E-state index is 6.50. The van der Waals surface area contributed by atoms with E-state index in [0.29, 0.717) is 47.3 Å². The molecule has 0 saturated heterocycles. The van der Waals surface area contributed by atoms with E-state index in [1.54, 1.807) is 0 Å². The average molecular weight is 1990 g/mol. The number of thiophene rings is 1. The number of nitrogens with zero attached hydrogens (tertiary/aromatic N) is 10. The highest BCUT2D eigenvalue weighted by Crippen LogP contribution is 2.49. The van der Waals surface area contributed by atoms with E-state index < -0.39 is 0 Å². The van der Waals surface area contributed by atoms with Crippen molar-refractivity contribution in [3.8, 4) is 73.6 Å². The molecule has 0 saturated carbocycles. The molecule has 11 nitrogen and oxygen atoms in total. The van der Waals surface area contributed by atoms with E-state index in [1.165, 1.54) is 237 Å². The molecule has 12 heteroatoms. The summed E-state index contributed by atoms with van der Waals surface area (Å²) in [5.74, 6) is 7.03. The predicted molar refractivity (Wildman–Crippen MR) is 634 cm³/mol. The second kappa shape index (κ2) is 43.5. The van der Waals surface area contributed by atoms with Gasteiger partial charge in [-0.05, 0) is 205 Å². The third-order valence-electron chi connectivity index (χ3n) is 30.3. The van der Waals surface area contributed by atoms with Crippen LogP contribution in [0.5, 0.6) is 0 Å². The quantitative estimate of drug-likeness (QED) is 0.0662. The van der Waals surface area contributed by atoms with Gasteiger partial charge in [0.25, 0.3) is 28.8 Å². The van der Waals surface area contributed by atoms with Crippen molar-refractivity contribution >= 4 is 108 Å². The van der Waals surface area contributed by atoms with Crippen molar-refractivity contribution in [3.05, 3.63) is 407 Å². The van der Waals surface area contributed by atoms with Gasteiger partial charge in [-0.1, -0.05) is 338 Å². The van der Waals surface area contributed by atoms with E-state index in [0.717, 1.165) is 17.6 Å². The lowest BCUT2D eigenvalue weighted by Gasteiger charge is -2.20. The monoisotopic (exact) mass is 1990 g/mol. The van der Waals surface area contributed by atoms with Gasteiger partial charge in [0, 0.05) is 98.4 Å². The Labute approximate surface area is 888 Å². The number of aromatic nitrogens is 10. The first kappa shape index (κ1) is 105. The fourth-order valence-electron chi connectivity index (χ4n) is 22.9. The number of hydrogen-bond acceptors (Lipinski definition) is 2. The lowest BCUT2D eigenvalue weighted by Crippen LogP contribution is -2.29. The molecule has 0 atom stereocenters. The summed E-state index contributed by atoms with van der Waals surface area (Å²) in [4.78, 5) is 0. The topological polar surface area (TPSA) is 56.9 Å². The Balaban J connectivity index is 0.000000127. The van der Waals surface area contributed by atoms with Gasteiger partial charge in [0.1, 0.15) is 94.5 Å². The third-order valence-corrected chi connectivity index (χ3v) is 31.5. The lowest BCUT2D eigenvalue weighted by molar-refractivity contribution is -0.659. The molecule has 149 heavy (non-hydrogen) atoms. The molecule has 758 valence electrons. The Morgan fingerprint density at radius 1 is 0.336 bits per heavy atom. The van der Waals surface area contributed by atoms with Gasteiger partial charge >= 0.3 is 0 Å². The van der Waals surface area contributed by atoms with Gasteiger partial charge in [0.15, 0.2) is 5.69 Å². The van der Waals surface area contributed by atoms with Crippen LogP contribution in [0.1, 0.15) is 245 Å². The van der Waals surface area contributed by atoms with Crippen LogP contribution >= 0.6 is 11.3 Å². The van der Waals surface area contributed by atoms with Crippen LogP contribution in [0.25, 0.3) is 170 Å². The van der Waals surface area contributed by atoms with Gasteiger partial charge in [-0.25, -0.2) is 22.8 Å². The Morgan fingerprint density at radius 2 is 0.758 bits per heavy atom. The van der Waals surface area contributed by atoms with Crippen molar-refractivity contribution in [2.75, 3.05) is 0 Å². The first-order valence-corrected chi connectivity index (χ1v) is 53.8. The molecule has 0 amide bonds. The standard InChI is InChI=1S/C30H33N2.C29H31N2O.C29H31N2S.C29H33N2.C18H17N2.2CH4/c1-19(2)17-22-12-10-14-23(20(3)4)29(22)27-18-31(6)30-28-21(5)11-9-15-25(28)24-13-7-8-16-26(24)32(27)30;2*1-18(2)23-17-24-22-13-9-10-14-25(22)32-28(24)26(19(3)4)27(23)31-16-15-30(6)29(31)21-12-8-7-11-20(21)5;1-20(2)26-18-24(23-13-8-7-9-14-23)19-27(21(3)4)28(26)31-17-16-30(6)29(31)25-15-11-10-12-22(25)5;1-12-7-6-9-15-14-8-4-5-10-16(14)20-11-13(2)19(3)18(20)17(12)15;;/h7-16,18-20H,17H2,1-6H3;2*7-19H,1-6H3;7-21H,1-6H3;4-11H,1-3H3;2*1H4/q5*+1;;. The maximum atomic E-state index is 6.50. The number of rotatable bonds is 17. The van der Waals surface area contributed by atoms with Crippen molar-refractivity contribution in [2.24, 2.45) is 41.2 Å². The van der Waals surface area contributed by atoms with Crippen LogP contribution in [0.15, 0.2) is 333 Å². The molecule has 0 spiro atoms. The minimum Gasteiger partial charge on any atom is -0.456 e. The number of benzene rings is 14. The van der Waals surface area contributed by atoms with Crippen molar-refractivity contribution in [3.63, 3.8) is 0 Å². The molecule has 9 aromatic heterocycles. The zero-order valence-electron chi connectivity index (χ0n) is 91.3. The molecule has 14 aromatic carbocycles. The fourth-order valence-corrected chi connectivity index (χ4v) is 24.3. The van der Waals surface area contributed by atoms with Crippen molar-refractivity contribution in [2.45, 2.75) is 215 Å². The molecule has 23 aromatic rings. The zero-order valence-corrected chi connectivity index (χ0v) is 92.1. The minimum atomic E-state index is 0. The van der Waals surface area contributed by atoms with Gasteiger partial charge in [0.05, 0.1) is 62.7 Å². The molecule has 0 bridgehead atoms. The second-order valence-electron chi connectivity index (χ2n) is 43.4. The van der Waals surface area contributed by atoms with Crippen molar-refractivity contribution in [1.82, 2.24) is 22.7 Å². The summed E-state index contributed by atoms with van der Waals surface area (Å²) >= 11 is 1.94. The molecule has 0 aliphatic rings. The predicted octanol–water partition coefficient (Wildman–Crippen LogP) is 34.8. The summed E-state index contributed by atoms with van der Waals surface area (Å²) in [6.07, 6.45) is 18.8. The highest BCUT2D eigenvalue weighted by Gasteiger charge is 2.36.